The van der Waals surface area contributed by atoms with Crippen molar-refractivity contribution in [1.29, 1.82) is 0 Å². The van der Waals surface area contributed by atoms with Crippen LogP contribution in [0.15, 0.2) is 65.5 Å². The first kappa shape index (κ1) is 16.2. The average molecular weight is 363 g/mol. The first-order valence-electron chi connectivity index (χ1n) is 7.91. The number of hydrogen-bond acceptors (Lipinski definition) is 5. The van der Waals surface area contributed by atoms with E-state index in [9.17, 15) is 14.9 Å². The van der Waals surface area contributed by atoms with Gasteiger partial charge in [-0.1, -0.05) is 42.5 Å². The van der Waals surface area contributed by atoms with Crippen molar-refractivity contribution in [2.24, 2.45) is 0 Å². The summed E-state index contributed by atoms with van der Waals surface area (Å²) in [6.07, 6.45) is 0.405. The third-order valence-electron chi connectivity index (χ3n) is 4.03. The minimum Gasteiger partial charge on any atom is -0.310 e. The lowest BCUT2D eigenvalue weighted by molar-refractivity contribution is -0.384. The molecule has 2 heterocycles. The summed E-state index contributed by atoms with van der Waals surface area (Å²) in [6, 6.07) is 18.0. The van der Waals surface area contributed by atoms with Crippen LogP contribution >= 0.6 is 11.3 Å². The highest BCUT2D eigenvalue weighted by Crippen LogP contribution is 2.30. The van der Waals surface area contributed by atoms with Crippen LogP contribution in [0, 0.1) is 10.1 Å². The molecule has 0 fully saturated rings. The molecule has 4 rings (SSSR count). The molecule has 128 valence electrons. The summed E-state index contributed by atoms with van der Waals surface area (Å²) in [5, 5.41) is 11.3. The second-order valence-corrected chi connectivity index (χ2v) is 6.84. The van der Waals surface area contributed by atoms with Crippen LogP contribution in [0.5, 0.6) is 0 Å². The number of nitrogens with one attached hydrogen (secondary N) is 1. The molecule has 2 aromatic heterocycles. The smallest absolute Gasteiger partial charge is 0.269 e. The number of thiophene rings is 1. The summed E-state index contributed by atoms with van der Waals surface area (Å²) < 4.78 is 0. The van der Waals surface area contributed by atoms with Crippen molar-refractivity contribution < 1.29 is 4.92 Å². The number of nitro groups is 1. The number of rotatable bonds is 4. The number of nitro benzene ring substituents is 1. The molecule has 4 aromatic rings. The van der Waals surface area contributed by atoms with Crippen LogP contribution in [-0.4, -0.2) is 14.9 Å². The summed E-state index contributed by atoms with van der Waals surface area (Å²) in [5.41, 5.74) is 1.76. The summed E-state index contributed by atoms with van der Waals surface area (Å²) in [4.78, 5) is 31.7. The number of aromatic nitrogens is 2. The molecule has 0 radical (unpaired) electrons. The van der Waals surface area contributed by atoms with E-state index in [1.807, 2.05) is 36.4 Å². The highest BCUT2D eigenvalue weighted by molar-refractivity contribution is 7.21. The third-order valence-corrected chi connectivity index (χ3v) is 5.11. The fourth-order valence-corrected chi connectivity index (χ4v) is 3.79. The summed E-state index contributed by atoms with van der Waals surface area (Å²) in [7, 11) is 0. The lowest BCUT2D eigenvalue weighted by atomic mass is 10.1. The van der Waals surface area contributed by atoms with E-state index in [1.165, 1.54) is 23.5 Å². The molecule has 0 saturated heterocycles. The van der Waals surface area contributed by atoms with E-state index >= 15 is 0 Å². The zero-order valence-electron chi connectivity index (χ0n) is 13.5. The Balaban J connectivity index is 1.68. The van der Waals surface area contributed by atoms with Gasteiger partial charge in [-0.25, -0.2) is 4.98 Å². The fraction of sp³-hybridized carbons (Fsp3) is 0.0526. The van der Waals surface area contributed by atoms with Gasteiger partial charge in [0.05, 0.1) is 10.3 Å². The SMILES string of the molecule is O=c1[nH]c(Cc2ccc([N+](=O)[O-])cc2)nc2sc(-c3ccccc3)cc12. The van der Waals surface area contributed by atoms with Gasteiger partial charge in [0.2, 0.25) is 0 Å². The van der Waals surface area contributed by atoms with Gasteiger partial charge in [0.25, 0.3) is 11.2 Å². The van der Waals surface area contributed by atoms with Crippen LogP contribution in [-0.2, 0) is 6.42 Å². The number of non-ortho nitro benzene ring substituents is 1. The fourth-order valence-electron chi connectivity index (χ4n) is 2.73. The minimum absolute atomic E-state index is 0.0383. The maximum atomic E-state index is 12.4. The lowest BCUT2D eigenvalue weighted by Gasteiger charge is -2.01. The number of hydrogen-bond donors (Lipinski definition) is 1. The predicted molar refractivity (Wildman–Crippen MR) is 102 cm³/mol. The molecule has 0 spiro atoms. The quantitative estimate of drug-likeness (QED) is 0.436. The van der Waals surface area contributed by atoms with Crippen LogP contribution in [0.4, 0.5) is 5.69 Å². The number of benzene rings is 2. The lowest BCUT2D eigenvalue weighted by Crippen LogP contribution is -2.10. The van der Waals surface area contributed by atoms with Crippen molar-refractivity contribution in [3.63, 3.8) is 0 Å². The van der Waals surface area contributed by atoms with E-state index in [1.54, 1.807) is 12.1 Å². The Morgan fingerprint density at radius 2 is 1.81 bits per heavy atom. The molecule has 1 N–H and O–H groups in total. The van der Waals surface area contributed by atoms with E-state index in [-0.39, 0.29) is 11.2 Å². The van der Waals surface area contributed by atoms with Gasteiger partial charge < -0.3 is 4.98 Å². The van der Waals surface area contributed by atoms with Crippen LogP contribution in [0.2, 0.25) is 0 Å². The number of nitrogens with zero attached hydrogens (tertiary/aromatic N) is 2. The standard InChI is InChI=1S/C19H13N3O3S/c23-18-15-11-16(13-4-2-1-3-5-13)26-19(15)21-17(20-18)10-12-6-8-14(9-7-12)22(24)25/h1-9,11H,10H2,(H,20,21,23). The van der Waals surface area contributed by atoms with Crippen molar-refractivity contribution in [2.75, 3.05) is 0 Å². The van der Waals surface area contributed by atoms with E-state index in [0.717, 1.165) is 16.0 Å². The Morgan fingerprint density at radius 3 is 2.50 bits per heavy atom. The molecule has 0 aliphatic rings. The molecule has 0 bridgehead atoms. The van der Waals surface area contributed by atoms with Crippen molar-refractivity contribution in [2.45, 2.75) is 6.42 Å². The molecule has 0 aliphatic carbocycles. The predicted octanol–water partition coefficient (Wildman–Crippen LogP) is 4.15. The number of H-pyrrole nitrogens is 1. The van der Waals surface area contributed by atoms with Crippen LogP contribution < -0.4 is 5.56 Å². The van der Waals surface area contributed by atoms with Gasteiger partial charge in [-0.2, -0.15) is 0 Å². The van der Waals surface area contributed by atoms with Crippen LogP contribution in [0.1, 0.15) is 11.4 Å². The second-order valence-electron chi connectivity index (χ2n) is 5.81. The monoisotopic (exact) mass is 363 g/mol. The van der Waals surface area contributed by atoms with E-state index in [4.69, 9.17) is 0 Å². The molecule has 7 heteroatoms. The molecule has 26 heavy (non-hydrogen) atoms. The summed E-state index contributed by atoms with van der Waals surface area (Å²) in [6.45, 7) is 0. The Kier molecular flexibility index (Phi) is 4.06. The van der Waals surface area contributed by atoms with Gasteiger partial charge in [0, 0.05) is 23.4 Å². The molecular formula is C19H13N3O3S. The maximum Gasteiger partial charge on any atom is 0.269 e. The Labute approximate surface area is 151 Å². The summed E-state index contributed by atoms with van der Waals surface area (Å²) in [5.74, 6) is 0.540. The van der Waals surface area contributed by atoms with Crippen molar-refractivity contribution >= 4 is 27.2 Å². The van der Waals surface area contributed by atoms with Crippen molar-refractivity contribution in [3.8, 4) is 10.4 Å². The van der Waals surface area contributed by atoms with E-state index in [0.29, 0.717) is 22.5 Å². The van der Waals surface area contributed by atoms with Crippen LogP contribution in [0.3, 0.4) is 0 Å². The van der Waals surface area contributed by atoms with Crippen LogP contribution in [0.25, 0.3) is 20.7 Å². The highest BCUT2D eigenvalue weighted by atomic mass is 32.1. The van der Waals surface area contributed by atoms with E-state index < -0.39 is 4.92 Å². The van der Waals surface area contributed by atoms with Gasteiger partial charge in [-0.15, -0.1) is 11.3 Å². The normalized spacial score (nSPS) is 10.9. The number of fused-ring (bicyclic) bond motifs is 1. The zero-order chi connectivity index (χ0) is 18.1. The first-order valence-corrected chi connectivity index (χ1v) is 8.73. The van der Waals surface area contributed by atoms with Crippen molar-refractivity contribution in [1.82, 2.24) is 9.97 Å². The molecule has 0 atom stereocenters. The molecule has 6 nitrogen and oxygen atoms in total. The Morgan fingerprint density at radius 1 is 1.08 bits per heavy atom. The van der Waals surface area contributed by atoms with Gasteiger partial charge >= 0.3 is 0 Å². The first-order chi connectivity index (χ1) is 12.6. The molecular weight excluding hydrogens is 350 g/mol. The Bertz CT molecular complexity index is 1150. The molecule has 2 aromatic carbocycles. The molecule has 0 amide bonds. The van der Waals surface area contributed by atoms with E-state index in [2.05, 4.69) is 9.97 Å². The number of aromatic amines is 1. The maximum absolute atomic E-state index is 12.4. The summed E-state index contributed by atoms with van der Waals surface area (Å²) >= 11 is 1.48. The zero-order valence-corrected chi connectivity index (χ0v) is 14.3. The van der Waals surface area contributed by atoms with Gasteiger partial charge in [0.15, 0.2) is 0 Å². The minimum atomic E-state index is -0.438. The van der Waals surface area contributed by atoms with Gasteiger partial charge in [-0.3, -0.25) is 14.9 Å². The molecule has 0 aliphatic heterocycles. The second kappa shape index (κ2) is 6.53. The highest BCUT2D eigenvalue weighted by Gasteiger charge is 2.11. The van der Waals surface area contributed by atoms with Gasteiger partial charge in [0.1, 0.15) is 10.7 Å². The molecule has 0 saturated carbocycles. The van der Waals surface area contributed by atoms with Crippen molar-refractivity contribution in [3.05, 3.63) is 92.5 Å². The topological polar surface area (TPSA) is 88.9 Å². The largest absolute Gasteiger partial charge is 0.310 e. The van der Waals surface area contributed by atoms with Gasteiger partial charge in [-0.05, 0) is 17.2 Å². The molecule has 0 unspecified atom stereocenters. The third kappa shape index (κ3) is 3.12. The Hall–Kier alpha value is -3.32. The average Bonchev–Trinajstić information content (AvgIpc) is 3.08.